The summed E-state index contributed by atoms with van der Waals surface area (Å²) in [4.78, 5) is 29.5. The first-order valence-electron chi connectivity index (χ1n) is 9.18. The molecule has 2 fully saturated rings. The van der Waals surface area contributed by atoms with Crippen LogP contribution in [0.4, 0.5) is 0 Å². The summed E-state index contributed by atoms with van der Waals surface area (Å²) >= 11 is 5.89. The molecule has 2 amide bonds. The molecule has 2 heterocycles. The van der Waals surface area contributed by atoms with E-state index < -0.39 is 5.41 Å². The summed E-state index contributed by atoms with van der Waals surface area (Å²) in [5.41, 5.74) is 6.09. The standard InChI is InChI=1S/C19H26ClN3O3.ClH/c20-16-4-2-15(3-5-16)17(24)22-8-1-9-23(11-10-22)18(25)19(14-21)6-12-26-13-7-19;/h2-5H,1,6-14,21H2;1H. The third kappa shape index (κ3) is 4.93. The molecular weight excluding hydrogens is 389 g/mol. The molecule has 0 atom stereocenters. The topological polar surface area (TPSA) is 75.9 Å². The van der Waals surface area contributed by atoms with E-state index in [1.54, 1.807) is 24.3 Å². The minimum absolute atomic E-state index is 0. The largest absolute Gasteiger partial charge is 0.381 e. The predicted octanol–water partition coefficient (Wildman–Crippen LogP) is 2.19. The van der Waals surface area contributed by atoms with E-state index in [0.717, 1.165) is 6.42 Å². The van der Waals surface area contributed by atoms with Crippen LogP contribution in [-0.2, 0) is 9.53 Å². The van der Waals surface area contributed by atoms with Gasteiger partial charge in [0.25, 0.3) is 5.91 Å². The fraction of sp³-hybridized carbons (Fsp3) is 0.579. The predicted molar refractivity (Wildman–Crippen MR) is 107 cm³/mol. The maximum Gasteiger partial charge on any atom is 0.253 e. The van der Waals surface area contributed by atoms with Crippen LogP contribution in [0.5, 0.6) is 0 Å². The molecule has 0 aromatic heterocycles. The van der Waals surface area contributed by atoms with Crippen LogP contribution < -0.4 is 5.73 Å². The number of carbonyl (C=O) groups excluding carboxylic acids is 2. The van der Waals surface area contributed by atoms with E-state index in [1.807, 2.05) is 9.80 Å². The lowest BCUT2D eigenvalue weighted by atomic mass is 9.79. The van der Waals surface area contributed by atoms with Crippen LogP contribution in [0.15, 0.2) is 24.3 Å². The number of nitrogens with zero attached hydrogens (tertiary/aromatic N) is 2. The lowest BCUT2D eigenvalue weighted by molar-refractivity contribution is -0.147. The van der Waals surface area contributed by atoms with Crippen molar-refractivity contribution >= 4 is 35.8 Å². The maximum absolute atomic E-state index is 13.1. The van der Waals surface area contributed by atoms with E-state index in [4.69, 9.17) is 22.1 Å². The second-order valence-corrected chi connectivity index (χ2v) is 7.48. The third-order valence-corrected chi connectivity index (χ3v) is 5.71. The van der Waals surface area contributed by atoms with Crippen molar-refractivity contribution in [3.8, 4) is 0 Å². The van der Waals surface area contributed by atoms with Crippen LogP contribution in [-0.4, -0.2) is 67.6 Å². The molecule has 2 N–H and O–H groups in total. The van der Waals surface area contributed by atoms with Crippen molar-refractivity contribution in [2.24, 2.45) is 11.1 Å². The molecule has 8 heteroatoms. The first-order chi connectivity index (χ1) is 12.6. The fourth-order valence-electron chi connectivity index (χ4n) is 3.70. The van der Waals surface area contributed by atoms with Crippen molar-refractivity contribution < 1.29 is 14.3 Å². The average molecular weight is 416 g/mol. The summed E-state index contributed by atoms with van der Waals surface area (Å²) in [5, 5.41) is 0.609. The highest BCUT2D eigenvalue weighted by Crippen LogP contribution is 2.32. The number of carbonyl (C=O) groups is 2. The van der Waals surface area contributed by atoms with Gasteiger partial charge in [0.15, 0.2) is 0 Å². The Morgan fingerprint density at radius 2 is 1.63 bits per heavy atom. The summed E-state index contributed by atoms with van der Waals surface area (Å²) in [5.74, 6) is 0.0969. The lowest BCUT2D eigenvalue weighted by Gasteiger charge is -2.38. The first kappa shape index (κ1) is 22.0. The molecule has 1 aromatic rings. The molecule has 0 unspecified atom stereocenters. The minimum atomic E-state index is -0.506. The number of hydrogen-bond acceptors (Lipinski definition) is 4. The van der Waals surface area contributed by atoms with Crippen molar-refractivity contribution in [1.29, 1.82) is 0 Å². The molecule has 27 heavy (non-hydrogen) atoms. The van der Waals surface area contributed by atoms with E-state index in [1.165, 1.54) is 0 Å². The monoisotopic (exact) mass is 415 g/mol. The van der Waals surface area contributed by atoms with E-state index in [-0.39, 0.29) is 24.2 Å². The third-order valence-electron chi connectivity index (χ3n) is 5.46. The molecule has 0 spiro atoms. The Labute approximate surface area is 171 Å². The van der Waals surface area contributed by atoms with Gasteiger partial charge in [-0.25, -0.2) is 0 Å². The van der Waals surface area contributed by atoms with Crippen molar-refractivity contribution in [3.05, 3.63) is 34.9 Å². The molecule has 0 bridgehead atoms. The maximum atomic E-state index is 13.1. The van der Waals surface area contributed by atoms with Gasteiger partial charge in [0.2, 0.25) is 5.91 Å². The van der Waals surface area contributed by atoms with Gasteiger partial charge in [-0.3, -0.25) is 9.59 Å². The molecule has 2 saturated heterocycles. The molecule has 3 rings (SSSR count). The fourth-order valence-corrected chi connectivity index (χ4v) is 3.83. The van der Waals surface area contributed by atoms with Crippen molar-refractivity contribution in [1.82, 2.24) is 9.80 Å². The highest BCUT2D eigenvalue weighted by molar-refractivity contribution is 6.30. The SMILES string of the molecule is Cl.NCC1(C(=O)N2CCCN(C(=O)c3ccc(Cl)cc3)CC2)CCOCC1. The zero-order chi connectivity index (χ0) is 18.6. The van der Waals surface area contributed by atoms with Crippen LogP contribution in [0.3, 0.4) is 0 Å². The Kier molecular flexibility index (Phi) is 7.91. The molecule has 0 saturated carbocycles. The van der Waals surface area contributed by atoms with Gasteiger partial charge in [0.1, 0.15) is 0 Å². The summed E-state index contributed by atoms with van der Waals surface area (Å²) in [7, 11) is 0. The van der Waals surface area contributed by atoms with Crippen LogP contribution in [0, 0.1) is 5.41 Å². The highest BCUT2D eigenvalue weighted by Gasteiger charge is 2.41. The molecule has 0 aliphatic carbocycles. The summed E-state index contributed by atoms with van der Waals surface area (Å²) in [6.45, 7) is 3.88. The molecule has 2 aliphatic rings. The number of ether oxygens (including phenoxy) is 1. The Morgan fingerprint density at radius 3 is 2.26 bits per heavy atom. The van der Waals surface area contributed by atoms with Gasteiger partial charge in [0, 0.05) is 56.5 Å². The van der Waals surface area contributed by atoms with Crippen molar-refractivity contribution in [2.75, 3.05) is 45.9 Å². The van der Waals surface area contributed by atoms with Crippen LogP contribution in [0.1, 0.15) is 29.6 Å². The number of amides is 2. The molecule has 1 aromatic carbocycles. The van der Waals surface area contributed by atoms with E-state index in [0.29, 0.717) is 69.4 Å². The van der Waals surface area contributed by atoms with Crippen LogP contribution >= 0.6 is 24.0 Å². The van der Waals surface area contributed by atoms with Crippen LogP contribution in [0.2, 0.25) is 5.02 Å². The molecule has 0 radical (unpaired) electrons. The first-order valence-corrected chi connectivity index (χ1v) is 9.55. The quantitative estimate of drug-likeness (QED) is 0.820. The Balaban J connectivity index is 0.00000261. The molecule has 6 nitrogen and oxygen atoms in total. The highest BCUT2D eigenvalue weighted by atomic mass is 35.5. The van der Waals surface area contributed by atoms with Crippen LogP contribution in [0.25, 0.3) is 0 Å². The van der Waals surface area contributed by atoms with Gasteiger partial charge in [-0.2, -0.15) is 0 Å². The number of halogens is 2. The summed E-state index contributed by atoms with van der Waals surface area (Å²) < 4.78 is 5.41. The van der Waals surface area contributed by atoms with Crippen molar-refractivity contribution in [3.63, 3.8) is 0 Å². The van der Waals surface area contributed by atoms with Gasteiger partial charge in [0.05, 0.1) is 5.41 Å². The minimum Gasteiger partial charge on any atom is -0.381 e. The zero-order valence-corrected chi connectivity index (χ0v) is 16.9. The Hall–Kier alpha value is -1.34. The van der Waals surface area contributed by atoms with E-state index in [2.05, 4.69) is 0 Å². The van der Waals surface area contributed by atoms with E-state index in [9.17, 15) is 9.59 Å². The zero-order valence-electron chi connectivity index (χ0n) is 15.4. The van der Waals surface area contributed by atoms with Gasteiger partial charge < -0.3 is 20.3 Å². The number of benzene rings is 1. The van der Waals surface area contributed by atoms with Crippen molar-refractivity contribution in [2.45, 2.75) is 19.3 Å². The normalized spacial score (nSPS) is 19.8. The Morgan fingerprint density at radius 1 is 1.04 bits per heavy atom. The second kappa shape index (κ2) is 9.73. The van der Waals surface area contributed by atoms with E-state index >= 15 is 0 Å². The summed E-state index contributed by atoms with van der Waals surface area (Å²) in [6.07, 6.45) is 2.11. The molecule has 150 valence electrons. The average Bonchev–Trinajstić information content (AvgIpc) is 2.94. The van der Waals surface area contributed by atoms with Gasteiger partial charge >= 0.3 is 0 Å². The smallest absolute Gasteiger partial charge is 0.253 e. The second-order valence-electron chi connectivity index (χ2n) is 7.04. The Bertz CT molecular complexity index is 648. The number of nitrogens with two attached hydrogens (primary N) is 1. The number of hydrogen-bond donors (Lipinski definition) is 1. The molecule has 2 aliphatic heterocycles. The lowest BCUT2D eigenvalue weighted by Crippen LogP contribution is -2.51. The molecular formula is C19H27Cl2N3O3. The van der Waals surface area contributed by atoms with Gasteiger partial charge in [-0.1, -0.05) is 11.6 Å². The number of rotatable bonds is 3. The van der Waals surface area contributed by atoms with Gasteiger partial charge in [-0.15, -0.1) is 12.4 Å². The summed E-state index contributed by atoms with van der Waals surface area (Å²) in [6, 6.07) is 6.92. The van der Waals surface area contributed by atoms with Gasteiger partial charge in [-0.05, 0) is 43.5 Å².